The van der Waals surface area contributed by atoms with E-state index in [9.17, 15) is 10.1 Å². The summed E-state index contributed by atoms with van der Waals surface area (Å²) in [5, 5.41) is 12.1. The van der Waals surface area contributed by atoms with Crippen LogP contribution in [0.25, 0.3) is 6.08 Å². The third-order valence-electron chi connectivity index (χ3n) is 4.44. The third-order valence-corrected chi connectivity index (χ3v) is 4.44. The fraction of sp³-hybridized carbons (Fsp3) is 0.120. The third kappa shape index (κ3) is 5.49. The summed E-state index contributed by atoms with van der Waals surface area (Å²) in [5.41, 5.74) is 3.52. The topological polar surface area (TPSA) is 71.3 Å². The fourth-order valence-electron chi connectivity index (χ4n) is 2.76. The molecule has 0 aliphatic rings. The fourth-order valence-corrected chi connectivity index (χ4v) is 2.76. The lowest BCUT2D eigenvalue weighted by Gasteiger charge is -2.09. The number of hydrogen-bond donors (Lipinski definition) is 1. The van der Waals surface area contributed by atoms with E-state index < -0.39 is 5.91 Å². The van der Waals surface area contributed by atoms with Crippen LogP contribution < -0.4 is 14.8 Å². The number of methoxy groups -OCH3 is 1. The molecule has 3 aromatic rings. The van der Waals surface area contributed by atoms with Gasteiger partial charge in [-0.2, -0.15) is 5.26 Å². The van der Waals surface area contributed by atoms with Crippen LogP contribution in [-0.2, 0) is 11.4 Å². The smallest absolute Gasteiger partial charge is 0.266 e. The number of nitrogens with one attached hydrogen (secondary N) is 1. The van der Waals surface area contributed by atoms with Crippen molar-refractivity contribution in [3.8, 4) is 17.6 Å². The van der Waals surface area contributed by atoms with E-state index in [0.717, 1.165) is 11.1 Å². The average molecular weight is 398 g/mol. The van der Waals surface area contributed by atoms with Gasteiger partial charge >= 0.3 is 0 Å². The maximum absolute atomic E-state index is 12.5. The highest BCUT2D eigenvalue weighted by molar-refractivity contribution is 6.10. The van der Waals surface area contributed by atoms with Gasteiger partial charge in [0.1, 0.15) is 29.7 Å². The molecule has 150 valence electrons. The minimum absolute atomic E-state index is 0.00534. The van der Waals surface area contributed by atoms with Crippen LogP contribution in [0.2, 0.25) is 0 Å². The quantitative estimate of drug-likeness (QED) is 0.442. The zero-order chi connectivity index (χ0) is 21.3. The van der Waals surface area contributed by atoms with Crippen molar-refractivity contribution in [1.29, 1.82) is 5.26 Å². The van der Waals surface area contributed by atoms with Gasteiger partial charge in [-0.05, 0) is 48.4 Å². The van der Waals surface area contributed by atoms with E-state index in [2.05, 4.69) is 5.32 Å². The van der Waals surface area contributed by atoms with Crippen LogP contribution in [-0.4, -0.2) is 13.0 Å². The van der Waals surface area contributed by atoms with Crippen LogP contribution in [0.3, 0.4) is 0 Å². The van der Waals surface area contributed by atoms with Crippen LogP contribution in [0.15, 0.2) is 78.4 Å². The van der Waals surface area contributed by atoms with Crippen LogP contribution in [0.5, 0.6) is 11.5 Å². The molecule has 0 saturated carbocycles. The number of anilines is 1. The minimum Gasteiger partial charge on any atom is -0.495 e. The number of carbonyl (C=O) groups excluding carboxylic acids is 1. The Morgan fingerprint density at radius 2 is 1.73 bits per heavy atom. The molecule has 0 fully saturated rings. The van der Waals surface area contributed by atoms with Gasteiger partial charge in [-0.3, -0.25) is 4.79 Å². The highest BCUT2D eigenvalue weighted by atomic mass is 16.5. The van der Waals surface area contributed by atoms with Gasteiger partial charge in [0.05, 0.1) is 12.8 Å². The summed E-state index contributed by atoms with van der Waals surface area (Å²) in [6, 6.07) is 24.4. The summed E-state index contributed by atoms with van der Waals surface area (Å²) in [6.45, 7) is 2.52. The summed E-state index contributed by atoms with van der Waals surface area (Å²) in [7, 11) is 1.52. The summed E-state index contributed by atoms with van der Waals surface area (Å²) in [5.74, 6) is 0.740. The lowest BCUT2D eigenvalue weighted by molar-refractivity contribution is -0.112. The number of benzene rings is 3. The number of para-hydroxylation sites is 2. The zero-order valence-corrected chi connectivity index (χ0v) is 16.9. The molecule has 5 heteroatoms. The second-order valence-electron chi connectivity index (χ2n) is 6.67. The molecular weight excluding hydrogens is 376 g/mol. The summed E-state index contributed by atoms with van der Waals surface area (Å²) in [4.78, 5) is 12.5. The number of carbonyl (C=O) groups is 1. The molecule has 1 N–H and O–H groups in total. The Hall–Kier alpha value is -4.04. The molecule has 0 spiro atoms. The van der Waals surface area contributed by atoms with Gasteiger partial charge in [0, 0.05) is 0 Å². The van der Waals surface area contributed by atoms with Crippen LogP contribution in [0, 0.1) is 18.3 Å². The highest BCUT2D eigenvalue weighted by Crippen LogP contribution is 2.24. The number of hydrogen-bond acceptors (Lipinski definition) is 4. The lowest BCUT2D eigenvalue weighted by atomic mass is 10.1. The molecule has 0 aliphatic carbocycles. The predicted octanol–water partition coefficient (Wildman–Crippen LogP) is 5.13. The summed E-state index contributed by atoms with van der Waals surface area (Å²) < 4.78 is 11.0. The first kappa shape index (κ1) is 20.7. The molecule has 0 saturated heterocycles. The Labute approximate surface area is 176 Å². The maximum Gasteiger partial charge on any atom is 0.266 e. The SMILES string of the molecule is COc1ccccc1NC(=O)/C(C#N)=C/c1ccc(OCc2ccc(C)cc2)cc1. The molecule has 5 nitrogen and oxygen atoms in total. The van der Waals surface area contributed by atoms with Crippen molar-refractivity contribution in [1.82, 2.24) is 0 Å². The number of nitriles is 1. The van der Waals surface area contributed by atoms with Crippen molar-refractivity contribution in [3.05, 3.63) is 95.1 Å². The molecule has 0 bridgehead atoms. The number of amides is 1. The molecule has 3 rings (SSSR count). The van der Waals surface area contributed by atoms with E-state index in [1.807, 2.05) is 49.4 Å². The van der Waals surface area contributed by atoms with E-state index in [1.54, 1.807) is 36.4 Å². The van der Waals surface area contributed by atoms with Gasteiger partial charge in [0.2, 0.25) is 0 Å². The van der Waals surface area contributed by atoms with Crippen molar-refractivity contribution in [2.75, 3.05) is 12.4 Å². The Balaban J connectivity index is 1.66. The second-order valence-corrected chi connectivity index (χ2v) is 6.67. The first-order valence-corrected chi connectivity index (χ1v) is 9.43. The highest BCUT2D eigenvalue weighted by Gasteiger charge is 2.12. The van der Waals surface area contributed by atoms with Gasteiger partial charge in [0.15, 0.2) is 0 Å². The van der Waals surface area contributed by atoms with Crippen molar-refractivity contribution in [2.24, 2.45) is 0 Å². The largest absolute Gasteiger partial charge is 0.495 e. The van der Waals surface area contributed by atoms with Crippen LogP contribution >= 0.6 is 0 Å². The molecule has 0 atom stereocenters. The first-order chi connectivity index (χ1) is 14.6. The van der Waals surface area contributed by atoms with Crippen molar-refractivity contribution in [2.45, 2.75) is 13.5 Å². The second kappa shape index (κ2) is 9.94. The summed E-state index contributed by atoms with van der Waals surface area (Å²) >= 11 is 0. The number of rotatable bonds is 7. The predicted molar refractivity (Wildman–Crippen MR) is 117 cm³/mol. The van der Waals surface area contributed by atoms with E-state index in [-0.39, 0.29) is 5.57 Å². The molecule has 0 heterocycles. The van der Waals surface area contributed by atoms with Crippen molar-refractivity contribution >= 4 is 17.7 Å². The molecular formula is C25H22N2O3. The Bertz CT molecular complexity index is 1080. The summed E-state index contributed by atoms with van der Waals surface area (Å²) in [6.07, 6.45) is 1.54. The minimum atomic E-state index is -0.498. The van der Waals surface area contributed by atoms with Gasteiger partial charge in [-0.25, -0.2) is 0 Å². The van der Waals surface area contributed by atoms with Gasteiger partial charge in [-0.15, -0.1) is 0 Å². The van der Waals surface area contributed by atoms with Crippen LogP contribution in [0.1, 0.15) is 16.7 Å². The van der Waals surface area contributed by atoms with Gasteiger partial charge in [-0.1, -0.05) is 54.1 Å². The zero-order valence-electron chi connectivity index (χ0n) is 16.9. The van der Waals surface area contributed by atoms with E-state index in [1.165, 1.54) is 18.7 Å². The van der Waals surface area contributed by atoms with E-state index >= 15 is 0 Å². The average Bonchev–Trinajstić information content (AvgIpc) is 2.78. The normalized spacial score (nSPS) is 10.8. The Morgan fingerprint density at radius 3 is 2.40 bits per heavy atom. The lowest BCUT2D eigenvalue weighted by Crippen LogP contribution is -2.14. The van der Waals surface area contributed by atoms with Gasteiger partial charge in [0.25, 0.3) is 5.91 Å². The van der Waals surface area contributed by atoms with Gasteiger partial charge < -0.3 is 14.8 Å². The molecule has 1 amide bonds. The molecule has 0 aromatic heterocycles. The standard InChI is InChI=1S/C25H22N2O3/c1-18-7-9-20(10-8-18)17-30-22-13-11-19(12-14-22)15-21(16-26)25(28)27-23-5-3-4-6-24(23)29-2/h3-15H,17H2,1-2H3,(H,27,28)/b21-15+. The molecule has 0 aliphatic heterocycles. The number of ether oxygens (including phenoxy) is 2. The molecule has 3 aromatic carbocycles. The van der Waals surface area contributed by atoms with Crippen molar-refractivity contribution in [3.63, 3.8) is 0 Å². The van der Waals surface area contributed by atoms with Crippen molar-refractivity contribution < 1.29 is 14.3 Å². The number of nitrogens with zero attached hydrogens (tertiary/aromatic N) is 1. The van der Waals surface area contributed by atoms with E-state index in [0.29, 0.717) is 23.8 Å². The first-order valence-electron chi connectivity index (χ1n) is 9.43. The Kier molecular flexibility index (Phi) is 6.86. The maximum atomic E-state index is 12.5. The van der Waals surface area contributed by atoms with E-state index in [4.69, 9.17) is 9.47 Å². The molecule has 30 heavy (non-hydrogen) atoms. The molecule has 0 radical (unpaired) electrons. The molecule has 0 unspecified atom stereocenters. The monoisotopic (exact) mass is 398 g/mol. The number of aryl methyl sites for hydroxylation is 1. The Morgan fingerprint density at radius 1 is 1.03 bits per heavy atom. The van der Waals surface area contributed by atoms with Crippen LogP contribution in [0.4, 0.5) is 5.69 Å².